The Kier molecular flexibility index (Phi) is 6.90. The van der Waals surface area contributed by atoms with Gasteiger partial charge >= 0.3 is 0 Å². The second kappa shape index (κ2) is 8.93. The molecule has 2 atom stereocenters. The van der Waals surface area contributed by atoms with E-state index in [1.807, 2.05) is 25.8 Å². The number of likely N-dealkylation sites (N-methyl/N-ethyl adjacent to an activating group) is 2. The topological polar surface area (TPSA) is 61.9 Å². The molecule has 1 heterocycles. The zero-order valence-corrected chi connectivity index (χ0v) is 15.3. The van der Waals surface area contributed by atoms with Gasteiger partial charge in [0.05, 0.1) is 6.04 Å². The van der Waals surface area contributed by atoms with Crippen LogP contribution in [0.15, 0.2) is 18.2 Å². The molecule has 1 N–H and O–H groups in total. The summed E-state index contributed by atoms with van der Waals surface area (Å²) in [4.78, 5) is 28.2. The first-order valence-electron chi connectivity index (χ1n) is 8.71. The van der Waals surface area contributed by atoms with Crippen LogP contribution < -0.4 is 10.1 Å². The second-order valence-corrected chi connectivity index (χ2v) is 6.33. The van der Waals surface area contributed by atoms with Crippen LogP contribution in [0.1, 0.15) is 20.3 Å². The molecule has 0 aliphatic carbocycles. The highest BCUT2D eigenvalue weighted by molar-refractivity contribution is 5.83. The molecule has 1 aromatic carbocycles. The van der Waals surface area contributed by atoms with E-state index in [2.05, 4.69) is 5.32 Å². The van der Waals surface area contributed by atoms with Crippen LogP contribution in [0.2, 0.25) is 0 Å². The van der Waals surface area contributed by atoms with Gasteiger partial charge in [0, 0.05) is 31.7 Å². The number of amides is 2. The number of rotatable bonds is 7. The first-order chi connectivity index (χ1) is 12.3. The normalized spacial score (nSPS) is 20.0. The molecular formula is C18H25F2N3O3. The van der Waals surface area contributed by atoms with Crippen LogP contribution in [0.3, 0.4) is 0 Å². The summed E-state index contributed by atoms with van der Waals surface area (Å²) in [5.41, 5.74) is 0. The Balaban J connectivity index is 1.85. The molecule has 6 nitrogen and oxygen atoms in total. The number of halogens is 2. The number of nitrogens with zero attached hydrogens (tertiary/aromatic N) is 2. The second-order valence-electron chi connectivity index (χ2n) is 6.33. The molecule has 1 aromatic rings. The van der Waals surface area contributed by atoms with E-state index in [4.69, 9.17) is 4.74 Å². The van der Waals surface area contributed by atoms with E-state index in [-0.39, 0.29) is 30.3 Å². The Hall–Kier alpha value is -2.22. The summed E-state index contributed by atoms with van der Waals surface area (Å²) in [6, 6.07) is 2.45. The Morgan fingerprint density at radius 1 is 1.31 bits per heavy atom. The van der Waals surface area contributed by atoms with Gasteiger partial charge in [0.25, 0.3) is 5.91 Å². The van der Waals surface area contributed by atoms with Gasteiger partial charge in [-0.05, 0) is 39.4 Å². The highest BCUT2D eigenvalue weighted by atomic mass is 19.1. The number of carbonyl (C=O) groups excluding carboxylic acids is 2. The molecule has 2 amide bonds. The van der Waals surface area contributed by atoms with Crippen molar-refractivity contribution in [3.05, 3.63) is 29.8 Å². The summed E-state index contributed by atoms with van der Waals surface area (Å²) in [7, 11) is 1.85. The molecule has 0 unspecified atom stereocenters. The van der Waals surface area contributed by atoms with Crippen LogP contribution in [0.25, 0.3) is 0 Å². The van der Waals surface area contributed by atoms with Crippen molar-refractivity contribution in [1.29, 1.82) is 0 Å². The molecule has 2 rings (SSSR count). The van der Waals surface area contributed by atoms with E-state index < -0.39 is 17.5 Å². The Bertz CT molecular complexity index is 653. The van der Waals surface area contributed by atoms with Gasteiger partial charge in [0.1, 0.15) is 5.82 Å². The molecule has 1 aliphatic rings. The van der Waals surface area contributed by atoms with Crippen molar-refractivity contribution in [3.63, 3.8) is 0 Å². The minimum absolute atomic E-state index is 0.0545. The lowest BCUT2D eigenvalue weighted by Gasteiger charge is -2.26. The van der Waals surface area contributed by atoms with Gasteiger partial charge < -0.3 is 15.0 Å². The Labute approximate surface area is 152 Å². The predicted molar refractivity (Wildman–Crippen MR) is 92.7 cm³/mol. The molecule has 144 valence electrons. The van der Waals surface area contributed by atoms with Crippen LogP contribution in [-0.2, 0) is 9.59 Å². The van der Waals surface area contributed by atoms with Gasteiger partial charge in [-0.1, -0.05) is 0 Å². The minimum Gasteiger partial charge on any atom is -0.481 e. The molecule has 0 radical (unpaired) electrons. The smallest absolute Gasteiger partial charge is 0.258 e. The minimum atomic E-state index is -0.858. The molecule has 1 aliphatic heterocycles. The van der Waals surface area contributed by atoms with Gasteiger partial charge in [-0.25, -0.2) is 8.78 Å². The third-order valence-electron chi connectivity index (χ3n) is 4.53. The molecule has 0 saturated carbocycles. The number of carbonyl (C=O) groups is 2. The van der Waals surface area contributed by atoms with Gasteiger partial charge in [-0.15, -0.1) is 0 Å². The van der Waals surface area contributed by atoms with Gasteiger partial charge in [0.2, 0.25) is 5.91 Å². The third kappa shape index (κ3) is 4.91. The monoisotopic (exact) mass is 369 g/mol. The van der Waals surface area contributed by atoms with Crippen molar-refractivity contribution < 1.29 is 23.1 Å². The lowest BCUT2D eigenvalue weighted by Crippen LogP contribution is -2.44. The molecular weight excluding hydrogens is 344 g/mol. The van der Waals surface area contributed by atoms with Crippen LogP contribution in [0.4, 0.5) is 8.78 Å². The first-order valence-corrected chi connectivity index (χ1v) is 8.71. The molecule has 0 bridgehead atoms. The fraction of sp³-hybridized carbons (Fsp3) is 0.556. The first kappa shape index (κ1) is 20.1. The molecule has 0 aromatic heterocycles. The van der Waals surface area contributed by atoms with E-state index in [1.54, 1.807) is 4.90 Å². The van der Waals surface area contributed by atoms with Crippen molar-refractivity contribution in [1.82, 2.24) is 15.1 Å². The Morgan fingerprint density at radius 3 is 2.62 bits per heavy atom. The summed E-state index contributed by atoms with van der Waals surface area (Å²) in [5, 5.41) is 2.80. The van der Waals surface area contributed by atoms with E-state index in [0.717, 1.165) is 12.1 Å². The fourth-order valence-corrected chi connectivity index (χ4v) is 3.14. The molecule has 26 heavy (non-hydrogen) atoms. The van der Waals surface area contributed by atoms with E-state index >= 15 is 0 Å². The van der Waals surface area contributed by atoms with Crippen molar-refractivity contribution in [2.45, 2.75) is 32.4 Å². The highest BCUT2D eigenvalue weighted by Crippen LogP contribution is 2.19. The largest absolute Gasteiger partial charge is 0.481 e. The van der Waals surface area contributed by atoms with E-state index in [1.165, 1.54) is 0 Å². The third-order valence-corrected chi connectivity index (χ3v) is 4.53. The average Bonchev–Trinajstić information content (AvgIpc) is 2.95. The lowest BCUT2D eigenvalue weighted by molar-refractivity contribution is -0.135. The predicted octanol–water partition coefficient (Wildman–Crippen LogP) is 1.40. The Morgan fingerprint density at radius 2 is 2.00 bits per heavy atom. The molecule has 1 fully saturated rings. The lowest BCUT2D eigenvalue weighted by atomic mass is 10.1. The summed E-state index contributed by atoms with van der Waals surface area (Å²) in [6.45, 7) is 5.33. The number of hydrogen-bond donors (Lipinski definition) is 1. The summed E-state index contributed by atoms with van der Waals surface area (Å²) in [6.07, 6.45) is 0.516. The number of hydrogen-bond acceptors (Lipinski definition) is 4. The van der Waals surface area contributed by atoms with Crippen LogP contribution in [-0.4, -0.2) is 67.0 Å². The summed E-state index contributed by atoms with van der Waals surface area (Å²) in [5.74, 6) is -2.11. The van der Waals surface area contributed by atoms with E-state index in [0.29, 0.717) is 32.1 Å². The maximum absolute atomic E-state index is 13.5. The average molecular weight is 369 g/mol. The number of nitrogens with one attached hydrogen (secondary N) is 1. The summed E-state index contributed by atoms with van der Waals surface area (Å²) < 4.78 is 31.4. The standard InChI is InChI=1S/C18H25F2N3O3/c1-4-23(5-2)18(25)15-9-13(10-22(15)3)21-17(24)11-26-16-7-6-12(19)8-14(16)20/h6-8,13,15H,4-5,9-11H2,1-3H3,(H,21,24)/t13-,15+/m1/s1. The zero-order chi connectivity index (χ0) is 19.3. The van der Waals surface area contributed by atoms with Crippen molar-refractivity contribution in [3.8, 4) is 5.75 Å². The maximum Gasteiger partial charge on any atom is 0.258 e. The van der Waals surface area contributed by atoms with Crippen LogP contribution in [0.5, 0.6) is 5.75 Å². The SMILES string of the molecule is CCN(CC)C(=O)[C@@H]1C[C@@H](NC(=O)COc2ccc(F)cc2F)CN1C. The molecule has 1 saturated heterocycles. The maximum atomic E-state index is 13.5. The van der Waals surface area contributed by atoms with Crippen LogP contribution >= 0.6 is 0 Å². The summed E-state index contributed by atoms with van der Waals surface area (Å²) >= 11 is 0. The molecule has 8 heteroatoms. The quantitative estimate of drug-likeness (QED) is 0.789. The van der Waals surface area contributed by atoms with Gasteiger partial charge in [0.15, 0.2) is 18.2 Å². The van der Waals surface area contributed by atoms with Crippen molar-refractivity contribution in [2.75, 3.05) is 33.3 Å². The van der Waals surface area contributed by atoms with Gasteiger partial charge in [-0.2, -0.15) is 0 Å². The zero-order valence-electron chi connectivity index (χ0n) is 15.3. The number of ether oxygens (including phenoxy) is 1. The van der Waals surface area contributed by atoms with Gasteiger partial charge in [-0.3, -0.25) is 14.5 Å². The van der Waals surface area contributed by atoms with Crippen molar-refractivity contribution >= 4 is 11.8 Å². The molecule has 0 spiro atoms. The van der Waals surface area contributed by atoms with Crippen molar-refractivity contribution in [2.24, 2.45) is 0 Å². The number of benzene rings is 1. The fourth-order valence-electron chi connectivity index (χ4n) is 3.14. The highest BCUT2D eigenvalue weighted by Gasteiger charge is 2.36. The number of likely N-dealkylation sites (tertiary alicyclic amines) is 1. The van der Waals surface area contributed by atoms with E-state index in [9.17, 15) is 18.4 Å². The van der Waals surface area contributed by atoms with Crippen LogP contribution in [0, 0.1) is 11.6 Å².